The van der Waals surface area contributed by atoms with Crippen molar-refractivity contribution < 1.29 is 28.6 Å². The zero-order chi connectivity index (χ0) is 18.5. The fourth-order valence-corrected chi connectivity index (χ4v) is 3.03. The largest absolute Gasteiger partial charge is 0.466 e. The van der Waals surface area contributed by atoms with E-state index < -0.39 is 11.8 Å². The zero-order valence-corrected chi connectivity index (χ0v) is 14.7. The SMILES string of the molecule is CCOC(=O)C1CCN(C(=O)C(=O)NCc2ccc3c(c2)OCO3)CC1. The van der Waals surface area contributed by atoms with Crippen molar-refractivity contribution in [3.63, 3.8) is 0 Å². The summed E-state index contributed by atoms with van der Waals surface area (Å²) in [5.74, 6) is -0.363. The molecule has 0 saturated carbocycles. The van der Waals surface area contributed by atoms with Crippen molar-refractivity contribution in [3.05, 3.63) is 23.8 Å². The molecule has 1 fully saturated rings. The van der Waals surface area contributed by atoms with Gasteiger partial charge in [0.25, 0.3) is 0 Å². The van der Waals surface area contributed by atoms with E-state index in [1.165, 1.54) is 4.90 Å². The molecule has 2 heterocycles. The minimum Gasteiger partial charge on any atom is -0.466 e. The molecule has 0 aromatic heterocycles. The summed E-state index contributed by atoms with van der Waals surface area (Å²) < 4.78 is 15.5. The number of piperidine rings is 1. The standard InChI is InChI=1S/C18H22N2O6/c1-2-24-18(23)13-5-7-20(8-6-13)17(22)16(21)19-10-12-3-4-14-15(9-12)26-11-25-14/h3-4,9,13H,2,5-8,10-11H2,1H3,(H,19,21). The van der Waals surface area contributed by atoms with Crippen LogP contribution in [0.1, 0.15) is 25.3 Å². The Morgan fingerprint density at radius 2 is 1.92 bits per heavy atom. The van der Waals surface area contributed by atoms with Gasteiger partial charge >= 0.3 is 17.8 Å². The van der Waals surface area contributed by atoms with Crippen LogP contribution in [0.15, 0.2) is 18.2 Å². The van der Waals surface area contributed by atoms with Gasteiger partial charge in [-0.25, -0.2) is 0 Å². The number of esters is 1. The van der Waals surface area contributed by atoms with E-state index in [0.29, 0.717) is 44.0 Å². The van der Waals surface area contributed by atoms with Crippen LogP contribution < -0.4 is 14.8 Å². The maximum Gasteiger partial charge on any atom is 0.311 e. The summed E-state index contributed by atoms with van der Waals surface area (Å²) >= 11 is 0. The molecule has 1 N–H and O–H groups in total. The van der Waals surface area contributed by atoms with E-state index in [4.69, 9.17) is 14.2 Å². The van der Waals surface area contributed by atoms with Crippen LogP contribution in [0.25, 0.3) is 0 Å². The van der Waals surface area contributed by atoms with Gasteiger partial charge in [0.15, 0.2) is 11.5 Å². The van der Waals surface area contributed by atoms with E-state index in [2.05, 4.69) is 5.32 Å². The van der Waals surface area contributed by atoms with Crippen molar-refractivity contribution >= 4 is 17.8 Å². The highest BCUT2D eigenvalue weighted by atomic mass is 16.7. The van der Waals surface area contributed by atoms with E-state index in [0.717, 1.165) is 5.56 Å². The summed E-state index contributed by atoms with van der Waals surface area (Å²) in [6.07, 6.45) is 1.03. The Balaban J connectivity index is 1.46. The van der Waals surface area contributed by atoms with Crippen molar-refractivity contribution in [2.45, 2.75) is 26.3 Å². The molecule has 8 heteroatoms. The molecule has 0 unspecified atom stereocenters. The highest BCUT2D eigenvalue weighted by Crippen LogP contribution is 2.32. The van der Waals surface area contributed by atoms with Gasteiger partial charge in [-0.3, -0.25) is 14.4 Å². The highest BCUT2D eigenvalue weighted by molar-refractivity contribution is 6.35. The molecular formula is C18H22N2O6. The Morgan fingerprint density at radius 3 is 2.65 bits per heavy atom. The molecular weight excluding hydrogens is 340 g/mol. The number of benzene rings is 1. The molecule has 0 spiro atoms. The van der Waals surface area contributed by atoms with Gasteiger partial charge in [-0.1, -0.05) is 6.07 Å². The van der Waals surface area contributed by atoms with E-state index in [1.807, 2.05) is 6.07 Å². The number of hydrogen-bond donors (Lipinski definition) is 1. The van der Waals surface area contributed by atoms with Crippen LogP contribution in [-0.2, 0) is 25.7 Å². The van der Waals surface area contributed by atoms with Crippen molar-refractivity contribution in [2.24, 2.45) is 5.92 Å². The van der Waals surface area contributed by atoms with Gasteiger partial charge in [0.1, 0.15) is 0 Å². The molecule has 1 saturated heterocycles. The first kappa shape index (κ1) is 18.0. The predicted molar refractivity (Wildman–Crippen MR) is 90.3 cm³/mol. The quantitative estimate of drug-likeness (QED) is 0.630. The Kier molecular flexibility index (Phi) is 5.60. The van der Waals surface area contributed by atoms with Crippen molar-refractivity contribution in [3.8, 4) is 11.5 Å². The summed E-state index contributed by atoms with van der Waals surface area (Å²) in [5, 5.41) is 2.62. The predicted octanol–water partition coefficient (Wildman–Crippen LogP) is 0.833. The molecule has 0 radical (unpaired) electrons. The second-order valence-electron chi connectivity index (χ2n) is 6.19. The second kappa shape index (κ2) is 8.07. The number of ether oxygens (including phenoxy) is 3. The van der Waals surface area contributed by atoms with Crippen LogP contribution in [0.5, 0.6) is 11.5 Å². The molecule has 0 aliphatic carbocycles. The van der Waals surface area contributed by atoms with E-state index >= 15 is 0 Å². The maximum atomic E-state index is 12.3. The number of carbonyl (C=O) groups excluding carboxylic acids is 3. The summed E-state index contributed by atoms with van der Waals surface area (Å²) in [4.78, 5) is 37.6. The Morgan fingerprint density at radius 1 is 1.19 bits per heavy atom. The van der Waals surface area contributed by atoms with Crippen molar-refractivity contribution in [1.82, 2.24) is 10.2 Å². The molecule has 2 aliphatic heterocycles. The lowest BCUT2D eigenvalue weighted by Crippen LogP contribution is -2.47. The third kappa shape index (κ3) is 4.07. The molecule has 2 amide bonds. The van der Waals surface area contributed by atoms with Crippen molar-refractivity contribution in [1.29, 1.82) is 0 Å². The van der Waals surface area contributed by atoms with Gasteiger partial charge in [0.05, 0.1) is 12.5 Å². The number of carbonyl (C=O) groups is 3. The normalized spacial score (nSPS) is 16.3. The highest BCUT2D eigenvalue weighted by Gasteiger charge is 2.30. The lowest BCUT2D eigenvalue weighted by Gasteiger charge is -2.30. The Hall–Kier alpha value is -2.77. The van der Waals surface area contributed by atoms with Crippen LogP contribution in [-0.4, -0.2) is 49.2 Å². The summed E-state index contributed by atoms with van der Waals surface area (Å²) in [6.45, 7) is 3.27. The molecule has 3 rings (SSSR count). The minimum absolute atomic E-state index is 0.186. The fraction of sp³-hybridized carbons (Fsp3) is 0.500. The number of hydrogen-bond acceptors (Lipinski definition) is 6. The Labute approximate surface area is 151 Å². The van der Waals surface area contributed by atoms with Gasteiger partial charge in [-0.2, -0.15) is 0 Å². The van der Waals surface area contributed by atoms with E-state index in [-0.39, 0.29) is 25.2 Å². The first-order chi connectivity index (χ1) is 12.6. The Bertz CT molecular complexity index is 697. The summed E-state index contributed by atoms with van der Waals surface area (Å²) in [7, 11) is 0. The lowest BCUT2D eigenvalue weighted by molar-refractivity contribution is -0.152. The lowest BCUT2D eigenvalue weighted by atomic mass is 9.97. The molecule has 2 aliphatic rings. The number of amides is 2. The van der Waals surface area contributed by atoms with Crippen LogP contribution >= 0.6 is 0 Å². The van der Waals surface area contributed by atoms with Crippen molar-refractivity contribution in [2.75, 3.05) is 26.5 Å². The summed E-state index contributed by atoms with van der Waals surface area (Å²) in [5.41, 5.74) is 0.816. The third-order valence-corrected chi connectivity index (χ3v) is 4.49. The van der Waals surface area contributed by atoms with Gasteiger partial charge in [-0.05, 0) is 37.5 Å². The first-order valence-corrected chi connectivity index (χ1v) is 8.70. The minimum atomic E-state index is -0.655. The van der Waals surface area contributed by atoms with E-state index in [9.17, 15) is 14.4 Å². The molecule has 140 valence electrons. The van der Waals surface area contributed by atoms with Crippen LogP contribution in [0.3, 0.4) is 0 Å². The summed E-state index contributed by atoms with van der Waals surface area (Å²) in [6, 6.07) is 5.35. The van der Waals surface area contributed by atoms with Gasteiger partial charge < -0.3 is 24.4 Å². The number of nitrogens with zero attached hydrogens (tertiary/aromatic N) is 1. The van der Waals surface area contributed by atoms with E-state index in [1.54, 1.807) is 19.1 Å². The maximum absolute atomic E-state index is 12.3. The monoisotopic (exact) mass is 362 g/mol. The molecule has 8 nitrogen and oxygen atoms in total. The molecule has 1 aromatic carbocycles. The van der Waals surface area contributed by atoms with Crippen LogP contribution in [0.4, 0.5) is 0 Å². The van der Waals surface area contributed by atoms with Gasteiger partial charge in [-0.15, -0.1) is 0 Å². The average Bonchev–Trinajstić information content (AvgIpc) is 3.13. The smallest absolute Gasteiger partial charge is 0.311 e. The fourth-order valence-electron chi connectivity index (χ4n) is 3.03. The number of likely N-dealkylation sites (tertiary alicyclic amines) is 1. The van der Waals surface area contributed by atoms with Gasteiger partial charge in [0.2, 0.25) is 6.79 Å². The first-order valence-electron chi connectivity index (χ1n) is 8.70. The number of nitrogens with one attached hydrogen (secondary N) is 1. The van der Waals surface area contributed by atoms with Crippen LogP contribution in [0, 0.1) is 5.92 Å². The molecule has 0 bridgehead atoms. The van der Waals surface area contributed by atoms with Gasteiger partial charge in [0, 0.05) is 19.6 Å². The topological polar surface area (TPSA) is 94.2 Å². The number of fused-ring (bicyclic) bond motifs is 1. The molecule has 1 aromatic rings. The van der Waals surface area contributed by atoms with Crippen LogP contribution in [0.2, 0.25) is 0 Å². The third-order valence-electron chi connectivity index (χ3n) is 4.49. The molecule has 0 atom stereocenters. The molecule has 26 heavy (non-hydrogen) atoms. The second-order valence-corrected chi connectivity index (χ2v) is 6.19. The number of rotatable bonds is 4. The average molecular weight is 362 g/mol. The zero-order valence-electron chi connectivity index (χ0n) is 14.7.